The van der Waals surface area contributed by atoms with E-state index >= 15 is 0 Å². The molecule has 1 aliphatic heterocycles. The van der Waals surface area contributed by atoms with Gasteiger partial charge in [-0.25, -0.2) is 4.79 Å². The first kappa shape index (κ1) is 12.5. The third-order valence-corrected chi connectivity index (χ3v) is 3.19. The monoisotopic (exact) mass is 274 g/mol. The molecule has 0 unspecified atom stereocenters. The zero-order valence-electron chi connectivity index (χ0n) is 8.99. The number of urea groups is 1. The number of hydrogen-bond acceptors (Lipinski definition) is 2. The van der Waals surface area contributed by atoms with Gasteiger partial charge in [0.1, 0.15) is 0 Å². The van der Waals surface area contributed by atoms with Crippen molar-refractivity contribution in [3.8, 4) is 0 Å². The summed E-state index contributed by atoms with van der Waals surface area (Å²) in [6, 6.07) is 4.59. The first-order valence-electron chi connectivity index (χ1n) is 5.25. The Balaban J connectivity index is 2.05. The third kappa shape index (κ3) is 3.03. The fraction of sp³-hybridized carbons (Fsp3) is 0.364. The number of likely N-dealkylation sites (tertiary alicyclic amines) is 1. The first-order chi connectivity index (χ1) is 8.06. The molecular weight excluding hydrogens is 263 g/mol. The molecule has 1 heterocycles. The summed E-state index contributed by atoms with van der Waals surface area (Å²) in [5, 5.41) is 13.0. The highest BCUT2D eigenvalue weighted by Gasteiger charge is 2.24. The topological polar surface area (TPSA) is 52.6 Å². The van der Waals surface area contributed by atoms with Gasteiger partial charge in [0.05, 0.1) is 16.8 Å². The van der Waals surface area contributed by atoms with Crippen LogP contribution in [0.5, 0.6) is 0 Å². The number of benzene rings is 1. The third-order valence-electron chi connectivity index (χ3n) is 2.62. The van der Waals surface area contributed by atoms with Crippen LogP contribution in [0.2, 0.25) is 10.0 Å². The predicted molar refractivity (Wildman–Crippen MR) is 67.7 cm³/mol. The van der Waals surface area contributed by atoms with E-state index < -0.39 is 6.10 Å². The maximum absolute atomic E-state index is 11.8. The number of nitrogens with zero attached hydrogens (tertiary/aromatic N) is 1. The number of carbonyl (C=O) groups is 1. The first-order valence-corrected chi connectivity index (χ1v) is 6.01. The number of anilines is 1. The molecule has 1 aliphatic rings. The minimum absolute atomic E-state index is 0.272. The van der Waals surface area contributed by atoms with E-state index in [0.717, 1.165) is 0 Å². The molecule has 2 amide bonds. The van der Waals surface area contributed by atoms with Crippen molar-refractivity contribution in [3.05, 3.63) is 28.2 Å². The lowest BCUT2D eigenvalue weighted by atomic mass is 10.3. The number of hydrogen-bond donors (Lipinski definition) is 2. The Morgan fingerprint density at radius 3 is 2.88 bits per heavy atom. The molecule has 6 heteroatoms. The lowest BCUT2D eigenvalue weighted by Crippen LogP contribution is -2.33. The van der Waals surface area contributed by atoms with Crippen molar-refractivity contribution in [2.75, 3.05) is 18.4 Å². The molecule has 17 heavy (non-hydrogen) atoms. The fourth-order valence-corrected chi connectivity index (χ4v) is 2.05. The Labute approximate surface area is 109 Å². The number of carbonyl (C=O) groups excluding carboxylic acids is 1. The number of amides is 2. The normalized spacial score (nSPS) is 19.5. The van der Waals surface area contributed by atoms with Crippen LogP contribution in [0.25, 0.3) is 0 Å². The van der Waals surface area contributed by atoms with Crippen LogP contribution in [0.4, 0.5) is 10.5 Å². The van der Waals surface area contributed by atoms with Gasteiger partial charge in [0, 0.05) is 18.1 Å². The largest absolute Gasteiger partial charge is 0.391 e. The van der Waals surface area contributed by atoms with Crippen LogP contribution in [0.1, 0.15) is 6.42 Å². The van der Waals surface area contributed by atoms with E-state index in [1.165, 1.54) is 0 Å². The van der Waals surface area contributed by atoms with Gasteiger partial charge in [0.15, 0.2) is 0 Å². The Kier molecular flexibility index (Phi) is 3.76. The van der Waals surface area contributed by atoms with Crippen LogP contribution in [-0.2, 0) is 0 Å². The Morgan fingerprint density at radius 1 is 1.47 bits per heavy atom. The van der Waals surface area contributed by atoms with Gasteiger partial charge in [-0.2, -0.15) is 0 Å². The van der Waals surface area contributed by atoms with Crippen LogP contribution in [-0.4, -0.2) is 35.2 Å². The molecule has 2 N–H and O–H groups in total. The van der Waals surface area contributed by atoms with E-state index in [2.05, 4.69) is 5.32 Å². The van der Waals surface area contributed by atoms with Crippen molar-refractivity contribution in [1.82, 2.24) is 4.90 Å². The zero-order valence-corrected chi connectivity index (χ0v) is 10.5. The van der Waals surface area contributed by atoms with Gasteiger partial charge >= 0.3 is 6.03 Å². The standard InChI is InChI=1S/C11H12Cl2N2O2/c12-7-1-2-9(13)10(5-7)14-11(17)15-4-3-8(16)6-15/h1-2,5,8,16H,3-4,6H2,(H,14,17)/t8-/m0/s1. The average Bonchev–Trinajstić information content (AvgIpc) is 2.70. The lowest BCUT2D eigenvalue weighted by molar-refractivity contribution is 0.176. The second-order valence-corrected chi connectivity index (χ2v) is 4.79. The molecule has 4 nitrogen and oxygen atoms in total. The molecule has 0 bridgehead atoms. The van der Waals surface area contributed by atoms with Crippen molar-refractivity contribution in [1.29, 1.82) is 0 Å². The van der Waals surface area contributed by atoms with Gasteiger partial charge in [-0.1, -0.05) is 23.2 Å². The summed E-state index contributed by atoms with van der Waals surface area (Å²) in [6.07, 6.45) is 0.173. The molecule has 1 aromatic carbocycles. The maximum Gasteiger partial charge on any atom is 0.321 e. The van der Waals surface area contributed by atoms with E-state index in [-0.39, 0.29) is 6.03 Å². The smallest absolute Gasteiger partial charge is 0.321 e. The van der Waals surface area contributed by atoms with E-state index in [1.54, 1.807) is 23.1 Å². The van der Waals surface area contributed by atoms with E-state index in [1.807, 2.05) is 0 Å². The van der Waals surface area contributed by atoms with Crippen LogP contribution in [0.15, 0.2) is 18.2 Å². The summed E-state index contributed by atoms with van der Waals surface area (Å²) in [5.41, 5.74) is 0.477. The molecule has 2 rings (SSSR count). The molecule has 0 saturated carbocycles. The van der Waals surface area contributed by atoms with Crippen molar-refractivity contribution in [3.63, 3.8) is 0 Å². The molecule has 0 radical (unpaired) electrons. The minimum atomic E-state index is -0.435. The van der Waals surface area contributed by atoms with Crippen LogP contribution in [0.3, 0.4) is 0 Å². The lowest BCUT2D eigenvalue weighted by Gasteiger charge is -2.17. The quantitative estimate of drug-likeness (QED) is 0.827. The summed E-state index contributed by atoms with van der Waals surface area (Å²) >= 11 is 11.8. The zero-order chi connectivity index (χ0) is 12.4. The Hall–Kier alpha value is -0.970. The number of aliphatic hydroxyl groups excluding tert-OH is 1. The molecule has 1 saturated heterocycles. The van der Waals surface area contributed by atoms with Crippen molar-refractivity contribution in [2.45, 2.75) is 12.5 Å². The summed E-state index contributed by atoms with van der Waals surface area (Å²) in [6.45, 7) is 0.898. The molecular formula is C11H12Cl2N2O2. The SMILES string of the molecule is O=C(Nc1cc(Cl)ccc1Cl)N1CC[C@H](O)C1. The van der Waals surface area contributed by atoms with Crippen LogP contribution in [0, 0.1) is 0 Å². The van der Waals surface area contributed by atoms with Crippen LogP contribution < -0.4 is 5.32 Å². The van der Waals surface area contributed by atoms with E-state index in [4.69, 9.17) is 23.2 Å². The van der Waals surface area contributed by atoms with Crippen molar-refractivity contribution < 1.29 is 9.90 Å². The van der Waals surface area contributed by atoms with Gasteiger partial charge in [-0.15, -0.1) is 0 Å². The van der Waals surface area contributed by atoms with Gasteiger partial charge in [0.2, 0.25) is 0 Å². The number of aliphatic hydroxyl groups is 1. The highest BCUT2D eigenvalue weighted by atomic mass is 35.5. The second-order valence-electron chi connectivity index (χ2n) is 3.94. The highest BCUT2D eigenvalue weighted by molar-refractivity contribution is 6.35. The predicted octanol–water partition coefficient (Wildman–Crippen LogP) is 2.59. The fourth-order valence-electron chi connectivity index (χ4n) is 1.71. The summed E-state index contributed by atoms with van der Waals surface area (Å²) < 4.78 is 0. The Morgan fingerprint density at radius 2 is 2.24 bits per heavy atom. The Bertz CT molecular complexity index is 439. The van der Waals surface area contributed by atoms with Crippen molar-refractivity contribution >= 4 is 34.9 Å². The van der Waals surface area contributed by atoms with E-state index in [0.29, 0.717) is 35.2 Å². The average molecular weight is 275 g/mol. The molecule has 0 spiro atoms. The number of β-amino-alcohol motifs (C(OH)–C–C–N with tert-alkyl or cyclic N) is 1. The molecule has 0 aromatic heterocycles. The molecule has 1 aromatic rings. The maximum atomic E-state index is 11.8. The molecule has 1 fully saturated rings. The van der Waals surface area contributed by atoms with Gasteiger partial charge in [-0.3, -0.25) is 0 Å². The second kappa shape index (κ2) is 5.12. The molecule has 0 aliphatic carbocycles. The summed E-state index contributed by atoms with van der Waals surface area (Å²) in [7, 11) is 0. The number of nitrogens with one attached hydrogen (secondary N) is 1. The van der Waals surface area contributed by atoms with Gasteiger partial charge in [0.25, 0.3) is 0 Å². The highest BCUT2D eigenvalue weighted by Crippen LogP contribution is 2.26. The van der Waals surface area contributed by atoms with Crippen LogP contribution >= 0.6 is 23.2 Å². The van der Waals surface area contributed by atoms with Crippen molar-refractivity contribution in [2.24, 2.45) is 0 Å². The summed E-state index contributed by atoms with van der Waals surface area (Å²) in [4.78, 5) is 13.4. The number of rotatable bonds is 1. The number of halogens is 2. The van der Waals surface area contributed by atoms with Gasteiger partial charge in [-0.05, 0) is 24.6 Å². The summed E-state index contributed by atoms with van der Waals surface area (Å²) in [5.74, 6) is 0. The van der Waals surface area contributed by atoms with E-state index in [9.17, 15) is 9.90 Å². The molecule has 1 atom stereocenters. The molecule has 92 valence electrons. The minimum Gasteiger partial charge on any atom is -0.391 e. The van der Waals surface area contributed by atoms with Gasteiger partial charge < -0.3 is 15.3 Å².